The smallest absolute Gasteiger partial charge is 0.321 e. The molecule has 0 saturated carbocycles. The number of urea groups is 1. The lowest BCUT2D eigenvalue weighted by Gasteiger charge is -2.23. The zero-order valence-corrected chi connectivity index (χ0v) is 48.9. The summed E-state index contributed by atoms with van der Waals surface area (Å²) in [6, 6.07) is 24.9. The number of rotatable bonds is 13. The highest BCUT2D eigenvalue weighted by atomic mass is 32.2. The molecule has 4 aromatic carbocycles. The molecule has 2 aliphatic heterocycles. The van der Waals surface area contributed by atoms with Gasteiger partial charge in [-0.3, -0.25) is 9.59 Å². The first-order valence-corrected chi connectivity index (χ1v) is 30.0. The summed E-state index contributed by atoms with van der Waals surface area (Å²) >= 11 is 2.78. The standard InChI is InChI=1S/C28H35N5O4S2.C23H26N4O3S2.C5H12.CH4/c1-18(2)32(6)27(35)30-20-11-9-19(10-12-20)26-29-17-23(38-26)22-14-13-21(33-15-7-8-25(33)34)16-24(22)39(36,37)31-28(3,4)5;1-23(2,3)26-32(29,30)20-13-17(27-12-4-5-21(27)28)10-11-18(20)19-14-25-22(31-19)15-6-8-16(24)9-7-15;1-4-5(2)3;/h9-14,16-18,31H,7-8,15H2,1-6H3,(H,30,35);6-11,13-14,26H,4-5,12,24H2,1-3H3;5H,4H2,1-3H3;1H4. The molecule has 77 heavy (non-hydrogen) atoms. The summed E-state index contributed by atoms with van der Waals surface area (Å²) in [6.07, 6.45) is 7.10. The number of aromatic nitrogens is 2. The minimum absolute atomic E-state index is 0. The first-order valence-electron chi connectivity index (χ1n) is 25.4. The number of hydrogen-bond acceptors (Lipinski definition) is 12. The number of nitrogens with two attached hydrogens (primary N) is 1. The van der Waals surface area contributed by atoms with Crippen LogP contribution in [0.3, 0.4) is 0 Å². The maximum atomic E-state index is 13.5. The lowest BCUT2D eigenvalue weighted by atomic mass is 10.1. The molecule has 16 nitrogen and oxygen atoms in total. The van der Waals surface area contributed by atoms with Crippen LogP contribution in [0.25, 0.3) is 42.0 Å². The van der Waals surface area contributed by atoms with Gasteiger partial charge in [-0.1, -0.05) is 46.8 Å². The van der Waals surface area contributed by atoms with Crippen LogP contribution in [0.5, 0.6) is 0 Å². The number of hydrogen-bond donors (Lipinski definition) is 4. The highest BCUT2D eigenvalue weighted by Gasteiger charge is 2.31. The molecular formula is C57H77N9O7S4. The summed E-state index contributed by atoms with van der Waals surface area (Å²) in [4.78, 5) is 52.5. The van der Waals surface area contributed by atoms with Crippen LogP contribution >= 0.6 is 22.7 Å². The number of benzene rings is 4. The van der Waals surface area contributed by atoms with Gasteiger partial charge in [0, 0.05) is 107 Å². The molecule has 8 rings (SSSR count). The molecule has 2 aliphatic rings. The van der Waals surface area contributed by atoms with Crippen LogP contribution in [0, 0.1) is 5.92 Å². The van der Waals surface area contributed by atoms with Crippen molar-refractivity contribution in [3.63, 3.8) is 0 Å². The van der Waals surface area contributed by atoms with Gasteiger partial charge >= 0.3 is 6.03 Å². The van der Waals surface area contributed by atoms with Crippen LogP contribution in [0.2, 0.25) is 0 Å². The molecule has 0 aliphatic carbocycles. The van der Waals surface area contributed by atoms with E-state index in [0.29, 0.717) is 69.7 Å². The van der Waals surface area contributed by atoms with E-state index in [9.17, 15) is 31.2 Å². The largest absolute Gasteiger partial charge is 0.399 e. The van der Waals surface area contributed by atoms with Gasteiger partial charge in [0.15, 0.2) is 0 Å². The predicted molar refractivity (Wildman–Crippen MR) is 317 cm³/mol. The van der Waals surface area contributed by atoms with Gasteiger partial charge in [-0.25, -0.2) is 41.0 Å². The number of carbonyl (C=O) groups is 3. The number of thiazole rings is 2. The van der Waals surface area contributed by atoms with Gasteiger partial charge in [-0.15, -0.1) is 22.7 Å². The molecule has 4 heterocycles. The van der Waals surface area contributed by atoms with Gasteiger partial charge < -0.3 is 25.8 Å². The molecule has 0 unspecified atom stereocenters. The predicted octanol–water partition coefficient (Wildman–Crippen LogP) is 12.5. The van der Waals surface area contributed by atoms with Crippen molar-refractivity contribution < 1.29 is 31.2 Å². The monoisotopic (exact) mass is 1130 g/mol. The number of carbonyl (C=O) groups excluding carboxylic acids is 3. The third-order valence-corrected chi connectivity index (χ3v) is 17.9. The minimum atomic E-state index is -3.91. The molecule has 2 saturated heterocycles. The Kier molecular flexibility index (Phi) is 20.6. The molecule has 0 atom stereocenters. The van der Waals surface area contributed by atoms with E-state index in [1.165, 1.54) is 29.1 Å². The van der Waals surface area contributed by atoms with Crippen LogP contribution in [0.15, 0.2) is 107 Å². The zero-order valence-electron chi connectivity index (χ0n) is 45.6. The SMILES string of the molecule is C.CC(C)(C)NS(=O)(=O)c1cc(N2CCCC2=O)ccc1-c1cnc(-c2ccc(N)cc2)s1.CC(C)N(C)C(=O)Nc1ccc(-c2ncc(-c3ccc(N4CCCC4=O)cc3S(=O)(=O)NC(C)(C)C)s2)cc1.CCC(C)C. The summed E-state index contributed by atoms with van der Waals surface area (Å²) in [5.41, 5.74) is 9.76. The first-order chi connectivity index (χ1) is 35.6. The van der Waals surface area contributed by atoms with Crippen LogP contribution < -0.4 is 30.3 Å². The van der Waals surface area contributed by atoms with Crippen molar-refractivity contribution in [1.82, 2.24) is 24.3 Å². The van der Waals surface area contributed by atoms with E-state index >= 15 is 0 Å². The summed E-state index contributed by atoms with van der Waals surface area (Å²) in [7, 11) is -6.02. The Morgan fingerprint density at radius 1 is 0.675 bits per heavy atom. The van der Waals surface area contributed by atoms with Crippen molar-refractivity contribution in [3.8, 4) is 42.0 Å². The Hall–Kier alpha value is -6.03. The van der Waals surface area contributed by atoms with Gasteiger partial charge in [0.25, 0.3) is 0 Å². The second kappa shape index (κ2) is 25.6. The fourth-order valence-electron chi connectivity index (χ4n) is 7.80. The van der Waals surface area contributed by atoms with E-state index in [1.807, 2.05) is 50.2 Å². The fourth-order valence-corrected chi connectivity index (χ4v) is 13.2. The maximum Gasteiger partial charge on any atom is 0.321 e. The second-order valence-electron chi connectivity index (χ2n) is 21.6. The van der Waals surface area contributed by atoms with E-state index in [0.717, 1.165) is 39.8 Å². The highest BCUT2D eigenvalue weighted by Crippen LogP contribution is 2.40. The summed E-state index contributed by atoms with van der Waals surface area (Å²) in [5.74, 6) is 0.883. The quantitative estimate of drug-likeness (QED) is 0.0802. The molecule has 4 amide bonds. The van der Waals surface area contributed by atoms with Crippen molar-refractivity contribution in [1.29, 1.82) is 0 Å². The third kappa shape index (κ3) is 16.5. The van der Waals surface area contributed by atoms with Crippen molar-refractivity contribution >= 4 is 83.3 Å². The molecular weight excluding hydrogens is 1050 g/mol. The Labute approximate surface area is 465 Å². The van der Waals surface area contributed by atoms with Crippen molar-refractivity contribution in [3.05, 3.63) is 97.3 Å². The molecule has 6 aromatic rings. The Morgan fingerprint density at radius 2 is 1.06 bits per heavy atom. The van der Waals surface area contributed by atoms with Gasteiger partial charge in [-0.05, 0) is 147 Å². The topological polar surface area (TPSA) is 217 Å². The summed E-state index contributed by atoms with van der Waals surface area (Å²) in [5, 5.41) is 4.36. The molecule has 416 valence electrons. The van der Waals surface area contributed by atoms with Crippen LogP contribution in [0.4, 0.5) is 27.5 Å². The second-order valence-corrected chi connectivity index (χ2v) is 26.9. The zero-order chi connectivity index (χ0) is 55.9. The number of nitrogens with one attached hydrogen (secondary N) is 3. The molecule has 2 aromatic heterocycles. The first kappa shape index (κ1) is 61.8. The number of nitrogen functional groups attached to an aromatic ring is 1. The molecule has 0 bridgehead atoms. The van der Waals surface area contributed by atoms with Gasteiger partial charge in [0.05, 0.1) is 19.5 Å². The highest BCUT2D eigenvalue weighted by molar-refractivity contribution is 7.90. The molecule has 5 N–H and O–H groups in total. The molecule has 2 fully saturated rings. The van der Waals surface area contributed by atoms with Gasteiger partial charge in [-0.2, -0.15) is 0 Å². The fraction of sp³-hybridized carbons (Fsp3) is 0.421. The van der Waals surface area contributed by atoms with Gasteiger partial charge in [0.1, 0.15) is 10.0 Å². The molecule has 20 heteroatoms. The van der Waals surface area contributed by atoms with E-state index in [-0.39, 0.29) is 41.1 Å². The van der Waals surface area contributed by atoms with E-state index in [1.54, 1.807) is 124 Å². The maximum absolute atomic E-state index is 13.5. The lowest BCUT2D eigenvalue weighted by Crippen LogP contribution is -2.40. The molecule has 0 spiro atoms. The van der Waals surface area contributed by atoms with E-state index in [2.05, 4.69) is 45.5 Å². The average molecular weight is 1130 g/mol. The minimum Gasteiger partial charge on any atom is -0.399 e. The van der Waals surface area contributed by atoms with E-state index < -0.39 is 31.1 Å². The van der Waals surface area contributed by atoms with Crippen molar-refractivity contribution in [2.24, 2.45) is 5.92 Å². The lowest BCUT2D eigenvalue weighted by molar-refractivity contribution is -0.117. The molecule has 0 radical (unpaired) electrons. The van der Waals surface area contributed by atoms with Crippen molar-refractivity contribution in [2.75, 3.05) is 41.0 Å². The van der Waals surface area contributed by atoms with Crippen LogP contribution in [-0.2, 0) is 29.6 Å². The Morgan fingerprint density at radius 3 is 1.40 bits per heavy atom. The number of sulfonamides is 2. The van der Waals surface area contributed by atoms with Gasteiger partial charge in [0.2, 0.25) is 31.9 Å². The Balaban J connectivity index is 0.000000262. The number of amides is 4. The van der Waals surface area contributed by atoms with E-state index in [4.69, 9.17) is 5.73 Å². The van der Waals surface area contributed by atoms with Crippen LogP contribution in [-0.4, -0.2) is 86.8 Å². The number of anilines is 4. The normalized spacial score (nSPS) is 14.0. The Bertz CT molecular complexity index is 3230. The van der Waals surface area contributed by atoms with Crippen LogP contribution in [0.1, 0.15) is 116 Å². The third-order valence-electron chi connectivity index (χ3n) is 12.2. The summed E-state index contributed by atoms with van der Waals surface area (Å²) < 4.78 is 59.2. The van der Waals surface area contributed by atoms with Crippen molar-refractivity contribution in [2.45, 2.75) is 143 Å². The summed E-state index contributed by atoms with van der Waals surface area (Å²) in [6.45, 7) is 22.4. The average Bonchev–Trinajstić information content (AvgIpc) is 4.19. The number of nitrogens with zero attached hydrogens (tertiary/aromatic N) is 5.